The summed E-state index contributed by atoms with van der Waals surface area (Å²) in [5, 5.41) is 11.2. The maximum Gasteiger partial charge on any atom is 0.251 e. The van der Waals surface area contributed by atoms with Crippen molar-refractivity contribution in [2.75, 3.05) is 38.9 Å². The maximum atomic E-state index is 11.5. The molecule has 0 spiro atoms. The van der Waals surface area contributed by atoms with E-state index in [4.69, 9.17) is 14.6 Å². The summed E-state index contributed by atoms with van der Waals surface area (Å²) in [6.45, 7) is 0.514. The number of carbonyl (C=O) groups excluding carboxylic acids is 1. The summed E-state index contributed by atoms with van der Waals surface area (Å²) in [6, 6.07) is 5.06. The first-order valence-electron chi connectivity index (χ1n) is 5.69. The molecule has 0 fully saturated rings. The van der Waals surface area contributed by atoms with Gasteiger partial charge in [0.2, 0.25) is 0 Å². The Morgan fingerprint density at radius 3 is 3.05 bits per heavy atom. The summed E-state index contributed by atoms with van der Waals surface area (Å²) in [5.41, 5.74) is 0.479. The molecule has 102 valence electrons. The van der Waals surface area contributed by atoms with Crippen LogP contribution >= 0.6 is 0 Å². The number of anilines is 1. The van der Waals surface area contributed by atoms with Crippen molar-refractivity contribution in [3.05, 3.63) is 23.9 Å². The highest BCUT2D eigenvalue weighted by molar-refractivity contribution is 5.90. The fourth-order valence-electron chi connectivity index (χ4n) is 1.19. The number of carbonyl (C=O) groups is 1. The summed E-state index contributed by atoms with van der Waals surface area (Å²) in [4.78, 5) is 15.6. The Morgan fingerprint density at radius 2 is 2.32 bits per heavy atom. The molecule has 6 heteroatoms. The van der Waals surface area contributed by atoms with Crippen LogP contribution in [0.2, 0.25) is 0 Å². The average Bonchev–Trinajstić information content (AvgIpc) is 2.42. The van der Waals surface area contributed by atoms with Gasteiger partial charge in [-0.25, -0.2) is 4.98 Å². The lowest BCUT2D eigenvalue weighted by molar-refractivity contribution is -0.121. The molecule has 1 aromatic rings. The molecule has 0 saturated carbocycles. The van der Waals surface area contributed by atoms with Crippen molar-refractivity contribution in [3.63, 3.8) is 0 Å². The fraction of sp³-hybridized carbons (Fsp3) is 0.385. The van der Waals surface area contributed by atoms with Crippen molar-refractivity contribution in [2.45, 2.75) is 0 Å². The van der Waals surface area contributed by atoms with E-state index in [1.807, 2.05) is 0 Å². The van der Waals surface area contributed by atoms with Gasteiger partial charge in [-0.05, 0) is 18.1 Å². The number of amides is 1. The molecule has 6 nitrogen and oxygen atoms in total. The van der Waals surface area contributed by atoms with Crippen LogP contribution < -0.4 is 5.32 Å². The number of nitrogens with one attached hydrogen (secondary N) is 1. The van der Waals surface area contributed by atoms with Crippen LogP contribution in [0.15, 0.2) is 18.2 Å². The highest BCUT2D eigenvalue weighted by Crippen LogP contribution is 2.03. The SMILES string of the molecule is COCCOCC(=O)Nc1cccc(C#CCO)n1. The van der Waals surface area contributed by atoms with Crippen LogP contribution in [0.25, 0.3) is 0 Å². The van der Waals surface area contributed by atoms with Crippen molar-refractivity contribution in [3.8, 4) is 11.8 Å². The molecular weight excluding hydrogens is 248 g/mol. The van der Waals surface area contributed by atoms with Gasteiger partial charge in [0.25, 0.3) is 5.91 Å². The van der Waals surface area contributed by atoms with Gasteiger partial charge < -0.3 is 19.9 Å². The van der Waals surface area contributed by atoms with E-state index in [1.54, 1.807) is 25.3 Å². The van der Waals surface area contributed by atoms with Gasteiger partial charge in [-0.15, -0.1) is 0 Å². The number of methoxy groups -OCH3 is 1. The topological polar surface area (TPSA) is 80.7 Å². The van der Waals surface area contributed by atoms with Crippen LogP contribution in [0.3, 0.4) is 0 Å². The van der Waals surface area contributed by atoms with E-state index in [-0.39, 0.29) is 19.1 Å². The Hall–Kier alpha value is -1.94. The standard InChI is InChI=1S/C13H16N2O4/c1-18-8-9-19-10-13(17)15-12-6-2-4-11(14-12)5-3-7-16/h2,4,6,16H,7-10H2,1H3,(H,14,15,17). The van der Waals surface area contributed by atoms with E-state index in [9.17, 15) is 4.79 Å². The van der Waals surface area contributed by atoms with E-state index >= 15 is 0 Å². The molecule has 0 unspecified atom stereocenters. The first-order valence-corrected chi connectivity index (χ1v) is 5.69. The second kappa shape index (κ2) is 9.05. The fourth-order valence-corrected chi connectivity index (χ4v) is 1.19. The predicted molar refractivity (Wildman–Crippen MR) is 69.5 cm³/mol. The number of aliphatic hydroxyl groups excluding tert-OH is 1. The summed E-state index contributed by atoms with van der Waals surface area (Å²) in [6.07, 6.45) is 0. The lowest BCUT2D eigenvalue weighted by Crippen LogP contribution is -2.20. The van der Waals surface area contributed by atoms with Gasteiger partial charge in [0.1, 0.15) is 24.7 Å². The van der Waals surface area contributed by atoms with Gasteiger partial charge in [-0.1, -0.05) is 12.0 Å². The molecule has 0 radical (unpaired) electrons. The quantitative estimate of drug-likeness (QED) is 0.559. The number of ether oxygens (including phenoxy) is 2. The molecule has 0 saturated heterocycles. The minimum absolute atomic E-state index is 0.0580. The third-order valence-electron chi connectivity index (χ3n) is 1.98. The molecule has 0 atom stereocenters. The molecule has 19 heavy (non-hydrogen) atoms. The molecule has 0 aliphatic heterocycles. The molecule has 0 aliphatic rings. The lowest BCUT2D eigenvalue weighted by atomic mass is 10.3. The van der Waals surface area contributed by atoms with Crippen molar-refractivity contribution < 1.29 is 19.4 Å². The molecule has 1 amide bonds. The van der Waals surface area contributed by atoms with Crippen LogP contribution in [0.4, 0.5) is 5.82 Å². The smallest absolute Gasteiger partial charge is 0.251 e. The van der Waals surface area contributed by atoms with E-state index in [2.05, 4.69) is 22.1 Å². The predicted octanol–water partition coefficient (Wildman–Crippen LogP) is 0.0269. The van der Waals surface area contributed by atoms with Crippen LogP contribution in [0, 0.1) is 11.8 Å². The molecule has 0 aromatic carbocycles. The number of aliphatic hydroxyl groups is 1. The molecule has 1 rings (SSSR count). The lowest BCUT2D eigenvalue weighted by Gasteiger charge is -2.05. The normalized spacial score (nSPS) is 9.58. The van der Waals surface area contributed by atoms with Crippen LogP contribution in [-0.4, -0.2) is 49.5 Å². The third-order valence-corrected chi connectivity index (χ3v) is 1.98. The monoisotopic (exact) mass is 264 g/mol. The van der Waals surface area contributed by atoms with Crippen LogP contribution in [0.1, 0.15) is 5.69 Å². The number of pyridine rings is 1. The second-order valence-electron chi connectivity index (χ2n) is 3.46. The first kappa shape index (κ1) is 15.1. The Labute approximate surface area is 111 Å². The number of aromatic nitrogens is 1. The number of nitrogens with zero attached hydrogens (tertiary/aromatic N) is 1. The van der Waals surface area contributed by atoms with Crippen LogP contribution in [-0.2, 0) is 14.3 Å². The zero-order valence-electron chi connectivity index (χ0n) is 10.7. The Bertz CT molecular complexity index is 465. The molecule has 0 aliphatic carbocycles. The average molecular weight is 264 g/mol. The van der Waals surface area contributed by atoms with Gasteiger partial charge in [-0.3, -0.25) is 4.79 Å². The number of hydrogen-bond acceptors (Lipinski definition) is 5. The summed E-state index contributed by atoms with van der Waals surface area (Å²) < 4.78 is 9.87. The molecule has 0 bridgehead atoms. The highest BCUT2D eigenvalue weighted by Gasteiger charge is 2.03. The van der Waals surface area contributed by atoms with E-state index in [0.29, 0.717) is 24.7 Å². The largest absolute Gasteiger partial charge is 0.384 e. The molecule has 2 N–H and O–H groups in total. The van der Waals surface area contributed by atoms with Crippen molar-refractivity contribution in [1.29, 1.82) is 0 Å². The van der Waals surface area contributed by atoms with Gasteiger partial charge in [0, 0.05) is 7.11 Å². The van der Waals surface area contributed by atoms with Gasteiger partial charge in [0.05, 0.1) is 13.2 Å². The van der Waals surface area contributed by atoms with Crippen molar-refractivity contribution in [2.24, 2.45) is 0 Å². The minimum Gasteiger partial charge on any atom is -0.384 e. The molecule has 1 aromatic heterocycles. The molecular formula is C13H16N2O4. The Kier molecular flexibility index (Phi) is 7.20. The number of hydrogen-bond donors (Lipinski definition) is 2. The highest BCUT2D eigenvalue weighted by atomic mass is 16.5. The van der Waals surface area contributed by atoms with E-state index in [1.165, 1.54) is 0 Å². The maximum absolute atomic E-state index is 11.5. The number of rotatable bonds is 6. The van der Waals surface area contributed by atoms with E-state index < -0.39 is 0 Å². The second-order valence-corrected chi connectivity index (χ2v) is 3.46. The zero-order valence-corrected chi connectivity index (χ0v) is 10.7. The van der Waals surface area contributed by atoms with Gasteiger partial charge in [-0.2, -0.15) is 0 Å². The van der Waals surface area contributed by atoms with Crippen molar-refractivity contribution in [1.82, 2.24) is 4.98 Å². The first-order chi connectivity index (χ1) is 9.26. The van der Waals surface area contributed by atoms with Crippen LogP contribution in [0.5, 0.6) is 0 Å². The minimum atomic E-state index is -0.295. The van der Waals surface area contributed by atoms with Crippen molar-refractivity contribution >= 4 is 11.7 Å². The summed E-state index contributed by atoms with van der Waals surface area (Å²) in [7, 11) is 1.56. The van der Waals surface area contributed by atoms with Gasteiger partial charge in [0.15, 0.2) is 0 Å². The zero-order chi connectivity index (χ0) is 13.9. The Balaban J connectivity index is 2.45. The summed E-state index contributed by atoms with van der Waals surface area (Å²) in [5.74, 6) is 5.24. The van der Waals surface area contributed by atoms with Gasteiger partial charge >= 0.3 is 0 Å². The third kappa shape index (κ3) is 6.52. The molecule has 1 heterocycles. The Morgan fingerprint density at radius 1 is 1.47 bits per heavy atom. The van der Waals surface area contributed by atoms with E-state index in [0.717, 1.165) is 0 Å². The summed E-state index contributed by atoms with van der Waals surface area (Å²) >= 11 is 0.